The molecule has 1 unspecified atom stereocenters. The molecule has 170 valence electrons. The molecule has 6 aromatic rings. The van der Waals surface area contributed by atoms with Gasteiger partial charge in [-0.15, -0.1) is 16.4 Å². The number of hydrogen-bond donors (Lipinski definition) is 0. The van der Waals surface area contributed by atoms with E-state index in [4.69, 9.17) is 14.1 Å². The summed E-state index contributed by atoms with van der Waals surface area (Å²) < 4.78 is 27.0. The lowest BCUT2D eigenvalue weighted by molar-refractivity contribution is 0.423. The van der Waals surface area contributed by atoms with E-state index in [0.29, 0.717) is 50.8 Å². The summed E-state index contributed by atoms with van der Waals surface area (Å²) in [5, 5.41) is 7.24. The molecule has 0 N–H and O–H groups in total. The Morgan fingerprint density at radius 3 is 2.69 bits per heavy atom. The third-order valence-corrected chi connectivity index (χ3v) is 7.31. The van der Waals surface area contributed by atoms with Crippen LogP contribution >= 0.6 is 11.3 Å². The van der Waals surface area contributed by atoms with E-state index in [1.165, 1.54) is 18.5 Å². The van der Waals surface area contributed by atoms with Crippen molar-refractivity contribution >= 4 is 28.0 Å². The molecule has 0 aliphatic carbocycles. The van der Waals surface area contributed by atoms with Crippen molar-refractivity contribution in [3.05, 3.63) is 104 Å². The second kappa shape index (κ2) is 7.31. The van der Waals surface area contributed by atoms with Crippen LogP contribution in [0.4, 0.5) is 4.39 Å². The Morgan fingerprint density at radius 1 is 1.06 bits per heavy atom. The van der Waals surface area contributed by atoms with Gasteiger partial charge in [0.15, 0.2) is 17.2 Å². The minimum atomic E-state index is -0.504. The maximum Gasteiger partial charge on any atom is 0.344 e. The summed E-state index contributed by atoms with van der Waals surface area (Å²) in [6.07, 6.45) is 1.53. The zero-order valence-corrected chi connectivity index (χ0v) is 19.0. The van der Waals surface area contributed by atoms with Gasteiger partial charge in [0.25, 0.3) is 0 Å². The standard InChI is InChI=1S/C26H15FN4O3S/c1-13-10-11-35-22(13)18-19-21(16-4-2-3-5-17(16)33-26(19)32)34-25-20(18)24-29-23(30-31(24)12-28-25)14-6-8-15(27)9-7-14/h2-12,18H,1H3. The minimum Gasteiger partial charge on any atom is -0.437 e. The number of hydrogen-bond acceptors (Lipinski definition) is 7. The Balaban J connectivity index is 1.55. The van der Waals surface area contributed by atoms with Crippen LogP contribution in [0.1, 0.15) is 27.5 Å². The molecule has 0 spiro atoms. The normalized spacial score (nSPS) is 14.6. The molecule has 0 radical (unpaired) electrons. The Hall–Kier alpha value is -4.37. The molecule has 0 saturated heterocycles. The zero-order valence-electron chi connectivity index (χ0n) is 18.2. The summed E-state index contributed by atoms with van der Waals surface area (Å²) >= 11 is 1.55. The molecule has 7 nitrogen and oxygen atoms in total. The van der Waals surface area contributed by atoms with Gasteiger partial charge in [-0.3, -0.25) is 0 Å². The molecule has 4 aromatic heterocycles. The van der Waals surface area contributed by atoms with Gasteiger partial charge in [-0.2, -0.15) is 0 Å². The van der Waals surface area contributed by atoms with Gasteiger partial charge in [0.1, 0.15) is 17.7 Å². The van der Waals surface area contributed by atoms with Gasteiger partial charge in [-0.25, -0.2) is 23.7 Å². The summed E-state index contributed by atoms with van der Waals surface area (Å²) in [6, 6.07) is 15.3. The van der Waals surface area contributed by atoms with E-state index in [9.17, 15) is 9.18 Å². The lowest BCUT2D eigenvalue weighted by atomic mass is 9.87. The van der Waals surface area contributed by atoms with Gasteiger partial charge in [0.05, 0.1) is 22.4 Å². The van der Waals surface area contributed by atoms with E-state index in [0.717, 1.165) is 10.4 Å². The number of para-hydroxylation sites is 1. The fourth-order valence-corrected chi connectivity index (χ4v) is 5.64. The molecular weight excluding hydrogens is 467 g/mol. The molecular formula is C26H15FN4O3S. The summed E-state index contributed by atoms with van der Waals surface area (Å²) in [7, 11) is 0. The molecule has 0 bridgehead atoms. The first kappa shape index (κ1) is 20.0. The molecule has 1 atom stereocenters. The van der Waals surface area contributed by atoms with Crippen LogP contribution in [0.5, 0.6) is 11.6 Å². The third kappa shape index (κ3) is 2.95. The fraction of sp³-hybridized carbons (Fsp3) is 0.0769. The summed E-state index contributed by atoms with van der Waals surface area (Å²) in [5.74, 6) is 0.372. The molecule has 1 aliphatic rings. The first-order valence-electron chi connectivity index (χ1n) is 10.9. The SMILES string of the molecule is Cc1ccsc1C1c2c(c3ccccc3oc2=O)Oc2ncn3nc(-c4ccc(F)cc4)nc3c21. The quantitative estimate of drug-likeness (QED) is 0.294. The Bertz CT molecular complexity index is 1840. The number of aryl methyl sites for hydroxylation is 1. The number of halogens is 1. The molecule has 7 rings (SSSR count). The lowest BCUT2D eigenvalue weighted by Gasteiger charge is -2.26. The Morgan fingerprint density at radius 2 is 1.89 bits per heavy atom. The van der Waals surface area contributed by atoms with Crippen LogP contribution in [0.25, 0.3) is 28.0 Å². The van der Waals surface area contributed by atoms with Crippen molar-refractivity contribution in [2.75, 3.05) is 0 Å². The smallest absolute Gasteiger partial charge is 0.344 e. The van der Waals surface area contributed by atoms with Crippen LogP contribution in [0, 0.1) is 12.7 Å². The van der Waals surface area contributed by atoms with Gasteiger partial charge >= 0.3 is 5.63 Å². The second-order valence-corrected chi connectivity index (χ2v) is 9.25. The van der Waals surface area contributed by atoms with Crippen LogP contribution in [0.3, 0.4) is 0 Å². The van der Waals surface area contributed by atoms with Crippen LogP contribution < -0.4 is 10.4 Å². The van der Waals surface area contributed by atoms with Gasteiger partial charge in [0.2, 0.25) is 5.88 Å². The van der Waals surface area contributed by atoms with E-state index in [-0.39, 0.29) is 5.82 Å². The molecule has 0 amide bonds. The predicted molar refractivity (Wildman–Crippen MR) is 129 cm³/mol. The average molecular weight is 482 g/mol. The minimum absolute atomic E-state index is 0.339. The number of fused-ring (bicyclic) bond motifs is 6. The van der Waals surface area contributed by atoms with Crippen molar-refractivity contribution in [2.24, 2.45) is 0 Å². The maximum absolute atomic E-state index is 13.5. The monoisotopic (exact) mass is 482 g/mol. The molecule has 0 saturated carbocycles. The molecule has 2 aromatic carbocycles. The highest BCUT2D eigenvalue weighted by atomic mass is 32.1. The van der Waals surface area contributed by atoms with Gasteiger partial charge in [-0.05, 0) is 60.3 Å². The molecule has 5 heterocycles. The summed E-state index contributed by atoms with van der Waals surface area (Å²) in [5.41, 5.74) is 3.22. The molecule has 9 heteroatoms. The first-order valence-corrected chi connectivity index (χ1v) is 11.8. The van der Waals surface area contributed by atoms with Crippen molar-refractivity contribution in [2.45, 2.75) is 12.8 Å². The summed E-state index contributed by atoms with van der Waals surface area (Å²) in [6.45, 7) is 2.00. The second-order valence-electron chi connectivity index (χ2n) is 8.31. The van der Waals surface area contributed by atoms with Crippen molar-refractivity contribution in [1.29, 1.82) is 0 Å². The highest BCUT2D eigenvalue weighted by Gasteiger charge is 2.38. The number of aromatic nitrogens is 4. The van der Waals surface area contributed by atoms with E-state index in [1.807, 2.05) is 36.6 Å². The van der Waals surface area contributed by atoms with Gasteiger partial charge in [0, 0.05) is 10.4 Å². The van der Waals surface area contributed by atoms with Crippen LogP contribution in [-0.2, 0) is 0 Å². The summed E-state index contributed by atoms with van der Waals surface area (Å²) in [4.78, 5) is 23.6. The topological polar surface area (TPSA) is 82.5 Å². The molecule has 35 heavy (non-hydrogen) atoms. The fourth-order valence-electron chi connectivity index (χ4n) is 4.59. The van der Waals surface area contributed by atoms with Crippen LogP contribution in [0.15, 0.2) is 75.5 Å². The number of thiophene rings is 1. The Kier molecular flexibility index (Phi) is 4.19. The van der Waals surface area contributed by atoms with Crippen molar-refractivity contribution in [1.82, 2.24) is 19.6 Å². The maximum atomic E-state index is 13.5. The van der Waals surface area contributed by atoms with Gasteiger partial charge in [-0.1, -0.05) is 12.1 Å². The van der Waals surface area contributed by atoms with Crippen molar-refractivity contribution < 1.29 is 13.5 Å². The first-order chi connectivity index (χ1) is 17.1. The number of rotatable bonds is 2. The molecule has 1 aliphatic heterocycles. The Labute approximate surface area is 201 Å². The van der Waals surface area contributed by atoms with E-state index in [1.54, 1.807) is 34.1 Å². The van der Waals surface area contributed by atoms with E-state index in [2.05, 4.69) is 10.1 Å². The van der Waals surface area contributed by atoms with Crippen LogP contribution in [0.2, 0.25) is 0 Å². The average Bonchev–Trinajstić information content (AvgIpc) is 3.49. The van der Waals surface area contributed by atoms with Gasteiger partial charge < -0.3 is 9.15 Å². The number of ether oxygens (including phenoxy) is 1. The molecule has 0 fully saturated rings. The van der Waals surface area contributed by atoms with E-state index >= 15 is 0 Å². The van der Waals surface area contributed by atoms with Crippen molar-refractivity contribution in [3.63, 3.8) is 0 Å². The lowest BCUT2D eigenvalue weighted by Crippen LogP contribution is -2.22. The largest absolute Gasteiger partial charge is 0.437 e. The van der Waals surface area contributed by atoms with Crippen molar-refractivity contribution in [3.8, 4) is 23.0 Å². The highest BCUT2D eigenvalue weighted by molar-refractivity contribution is 7.10. The number of nitrogens with zero attached hydrogens (tertiary/aromatic N) is 4. The third-order valence-electron chi connectivity index (χ3n) is 6.23. The zero-order chi connectivity index (χ0) is 23.7. The van der Waals surface area contributed by atoms with Crippen LogP contribution in [-0.4, -0.2) is 19.6 Å². The van der Waals surface area contributed by atoms with E-state index < -0.39 is 11.5 Å². The highest BCUT2D eigenvalue weighted by Crippen LogP contribution is 2.50. The predicted octanol–water partition coefficient (Wildman–Crippen LogP) is 5.69. The number of benzene rings is 2.